The van der Waals surface area contributed by atoms with Crippen LogP contribution < -0.4 is 14.5 Å². The van der Waals surface area contributed by atoms with Crippen LogP contribution in [0.5, 0.6) is 0 Å². The zero-order valence-electron chi connectivity index (χ0n) is 27.5. The van der Waals surface area contributed by atoms with Gasteiger partial charge in [0.15, 0.2) is 5.82 Å². The number of carbonyl (C=O) groups is 2. The van der Waals surface area contributed by atoms with E-state index in [2.05, 4.69) is 10.4 Å². The van der Waals surface area contributed by atoms with E-state index in [9.17, 15) is 22.4 Å². The third kappa shape index (κ3) is 8.44. The standard InChI is InChI=1S/C31H39ClF2N6O6S/c1-30(2,3)45-28(41)38(8)20-11-14-39(18-20)25-15-19(33)9-10-23(25)35-24-17-22(34)26(16-21(24)32)47(43,44)40(27-12-13-37(7)36-27)29(42)46-31(4,5)6/h9-10,12-13,15-17,20,35H,11,14,18H2,1-8H3. The summed E-state index contributed by atoms with van der Waals surface area (Å²) in [5, 5.41) is 6.79. The van der Waals surface area contributed by atoms with Gasteiger partial charge < -0.3 is 24.6 Å². The lowest BCUT2D eigenvalue weighted by molar-refractivity contribution is 0.0237. The van der Waals surface area contributed by atoms with E-state index in [1.54, 1.807) is 48.6 Å². The fourth-order valence-electron chi connectivity index (χ4n) is 4.83. The smallest absolute Gasteiger partial charge is 0.430 e. The van der Waals surface area contributed by atoms with Gasteiger partial charge in [-0.3, -0.25) is 4.68 Å². The molecule has 1 atom stereocenters. The van der Waals surface area contributed by atoms with Crippen molar-refractivity contribution in [3.05, 3.63) is 59.3 Å². The van der Waals surface area contributed by atoms with Gasteiger partial charge in [0.1, 0.15) is 27.7 Å². The van der Waals surface area contributed by atoms with E-state index in [1.807, 2.05) is 4.90 Å². The molecule has 0 radical (unpaired) electrons. The van der Waals surface area contributed by atoms with Crippen LogP contribution in [0.3, 0.4) is 0 Å². The van der Waals surface area contributed by atoms with Crippen LogP contribution in [-0.4, -0.2) is 72.7 Å². The van der Waals surface area contributed by atoms with Crippen molar-refractivity contribution < 1.29 is 36.3 Å². The maximum atomic E-state index is 15.7. The fraction of sp³-hybridized carbons (Fsp3) is 0.452. The number of halogens is 3. The second-order valence-corrected chi connectivity index (χ2v) is 15.3. The third-order valence-corrected chi connectivity index (χ3v) is 8.97. The summed E-state index contributed by atoms with van der Waals surface area (Å²) in [7, 11) is -1.76. The molecular weight excluding hydrogens is 658 g/mol. The highest BCUT2D eigenvalue weighted by atomic mass is 35.5. The van der Waals surface area contributed by atoms with Gasteiger partial charge in [0.25, 0.3) is 10.0 Å². The number of nitrogens with zero attached hydrogens (tertiary/aromatic N) is 5. The van der Waals surface area contributed by atoms with E-state index in [1.165, 1.54) is 47.1 Å². The van der Waals surface area contributed by atoms with Crippen molar-refractivity contribution in [3.63, 3.8) is 0 Å². The van der Waals surface area contributed by atoms with Crippen molar-refractivity contribution in [3.8, 4) is 0 Å². The molecule has 1 saturated heterocycles. The summed E-state index contributed by atoms with van der Waals surface area (Å²) < 4.78 is 70.0. The second kappa shape index (κ2) is 13.2. The van der Waals surface area contributed by atoms with Gasteiger partial charge in [-0.2, -0.15) is 5.10 Å². The van der Waals surface area contributed by atoms with Crippen LogP contribution in [0.1, 0.15) is 48.0 Å². The van der Waals surface area contributed by atoms with Crippen LogP contribution in [0.25, 0.3) is 0 Å². The van der Waals surface area contributed by atoms with Gasteiger partial charge in [-0.15, -0.1) is 4.31 Å². The van der Waals surface area contributed by atoms with E-state index in [0.29, 0.717) is 30.9 Å². The summed E-state index contributed by atoms with van der Waals surface area (Å²) >= 11 is 6.50. The molecule has 12 nitrogen and oxygen atoms in total. The van der Waals surface area contributed by atoms with Gasteiger partial charge in [0, 0.05) is 45.5 Å². The molecule has 2 aromatic carbocycles. The third-order valence-electron chi connectivity index (χ3n) is 6.97. The molecule has 4 rings (SSSR count). The van der Waals surface area contributed by atoms with E-state index >= 15 is 4.39 Å². The number of ether oxygens (including phenoxy) is 2. The number of hydrogen-bond donors (Lipinski definition) is 1. The van der Waals surface area contributed by atoms with Crippen LogP contribution in [-0.2, 0) is 26.5 Å². The van der Waals surface area contributed by atoms with Crippen molar-refractivity contribution in [1.29, 1.82) is 0 Å². The number of likely N-dealkylation sites (N-methyl/N-ethyl adjacent to an activating group) is 1. The minimum absolute atomic E-state index is 0.0146. The molecular formula is C31H39ClF2N6O6S. The molecule has 1 aromatic heterocycles. The molecule has 16 heteroatoms. The molecule has 0 aliphatic carbocycles. The maximum Gasteiger partial charge on any atom is 0.430 e. The number of amides is 2. The first-order chi connectivity index (χ1) is 21.7. The SMILES string of the molecule is CN(C(=O)OC(C)(C)C)C1CCN(c2cc(F)ccc2Nc2cc(F)c(S(=O)(=O)N(C(=O)OC(C)(C)C)c3ccn(C)n3)cc2Cl)C1. The van der Waals surface area contributed by atoms with Gasteiger partial charge in [0.05, 0.1) is 28.1 Å². The molecule has 256 valence electrons. The van der Waals surface area contributed by atoms with Crippen molar-refractivity contribution in [2.24, 2.45) is 7.05 Å². The lowest BCUT2D eigenvalue weighted by Crippen LogP contribution is -2.42. The lowest BCUT2D eigenvalue weighted by Gasteiger charge is -2.29. The number of nitrogens with one attached hydrogen (secondary N) is 1. The Bertz CT molecular complexity index is 1770. The quantitative estimate of drug-likeness (QED) is 0.288. The summed E-state index contributed by atoms with van der Waals surface area (Å²) in [6.07, 6.45) is 0.230. The van der Waals surface area contributed by atoms with Gasteiger partial charge >= 0.3 is 12.2 Å². The minimum Gasteiger partial charge on any atom is -0.444 e. The van der Waals surface area contributed by atoms with Crippen molar-refractivity contribution >= 4 is 56.7 Å². The highest BCUT2D eigenvalue weighted by molar-refractivity contribution is 7.93. The average molecular weight is 697 g/mol. The Balaban J connectivity index is 1.63. The second-order valence-electron chi connectivity index (χ2n) is 13.1. The monoisotopic (exact) mass is 696 g/mol. The Labute approximate surface area is 278 Å². The van der Waals surface area contributed by atoms with Gasteiger partial charge in [0.2, 0.25) is 0 Å². The molecule has 1 unspecified atom stereocenters. The largest absolute Gasteiger partial charge is 0.444 e. The van der Waals surface area contributed by atoms with E-state index in [-0.39, 0.29) is 26.9 Å². The number of hydrogen-bond acceptors (Lipinski definition) is 9. The lowest BCUT2D eigenvalue weighted by atomic mass is 10.2. The molecule has 1 aliphatic heterocycles. The predicted octanol–water partition coefficient (Wildman–Crippen LogP) is 6.67. The first kappa shape index (κ1) is 35.7. The number of anilines is 4. The molecule has 3 aromatic rings. The van der Waals surface area contributed by atoms with Crippen LogP contribution in [0, 0.1) is 11.6 Å². The molecule has 0 spiro atoms. The topological polar surface area (TPSA) is 126 Å². The van der Waals surface area contributed by atoms with Crippen molar-refractivity contribution in [2.75, 3.05) is 34.7 Å². The molecule has 2 amide bonds. The fourth-order valence-corrected chi connectivity index (χ4v) is 6.45. The van der Waals surface area contributed by atoms with Crippen molar-refractivity contribution in [1.82, 2.24) is 14.7 Å². The van der Waals surface area contributed by atoms with Crippen LogP contribution >= 0.6 is 11.6 Å². The Morgan fingerprint density at radius 3 is 2.23 bits per heavy atom. The number of carbonyl (C=O) groups excluding carboxylic acids is 2. The number of benzene rings is 2. The highest BCUT2D eigenvalue weighted by Gasteiger charge is 2.38. The Hall–Kier alpha value is -4.11. The molecule has 47 heavy (non-hydrogen) atoms. The first-order valence-corrected chi connectivity index (χ1v) is 16.5. The van der Waals surface area contributed by atoms with Crippen LogP contribution in [0.15, 0.2) is 47.5 Å². The number of sulfonamides is 1. The number of aromatic nitrogens is 2. The average Bonchev–Trinajstić information content (AvgIpc) is 3.58. The molecule has 2 heterocycles. The summed E-state index contributed by atoms with van der Waals surface area (Å²) in [5.74, 6) is -2.05. The summed E-state index contributed by atoms with van der Waals surface area (Å²) in [6, 6.07) is 6.74. The van der Waals surface area contributed by atoms with Crippen molar-refractivity contribution in [2.45, 2.75) is 70.1 Å². The number of aryl methyl sites for hydroxylation is 1. The van der Waals surface area contributed by atoms with E-state index in [0.717, 1.165) is 12.1 Å². The maximum absolute atomic E-state index is 15.7. The van der Waals surface area contributed by atoms with E-state index < -0.39 is 49.9 Å². The molecule has 1 N–H and O–H groups in total. The molecule has 0 saturated carbocycles. The molecule has 1 fully saturated rings. The van der Waals surface area contributed by atoms with Gasteiger partial charge in [-0.05, 0) is 72.2 Å². The Morgan fingerprint density at radius 1 is 1.00 bits per heavy atom. The van der Waals surface area contributed by atoms with Crippen LogP contribution in [0.4, 0.5) is 41.2 Å². The zero-order valence-corrected chi connectivity index (χ0v) is 29.0. The first-order valence-electron chi connectivity index (χ1n) is 14.7. The van der Waals surface area contributed by atoms with Gasteiger partial charge in [-0.25, -0.2) is 26.8 Å². The summed E-state index contributed by atoms with van der Waals surface area (Å²) in [4.78, 5) is 28.2. The Kier molecular flexibility index (Phi) is 10.0. The predicted molar refractivity (Wildman–Crippen MR) is 175 cm³/mol. The minimum atomic E-state index is -4.92. The summed E-state index contributed by atoms with van der Waals surface area (Å²) in [5.41, 5.74) is -0.979. The van der Waals surface area contributed by atoms with Crippen LogP contribution in [0.2, 0.25) is 5.02 Å². The molecule has 1 aliphatic rings. The number of rotatable bonds is 7. The Morgan fingerprint density at radius 2 is 1.64 bits per heavy atom. The molecule has 0 bridgehead atoms. The van der Waals surface area contributed by atoms with Gasteiger partial charge in [-0.1, -0.05) is 11.6 Å². The van der Waals surface area contributed by atoms with E-state index in [4.69, 9.17) is 21.1 Å². The summed E-state index contributed by atoms with van der Waals surface area (Å²) in [6.45, 7) is 10.8. The highest BCUT2D eigenvalue weighted by Crippen LogP contribution is 2.37. The zero-order chi connectivity index (χ0) is 35.1. The normalized spacial score (nSPS) is 15.4.